The van der Waals surface area contributed by atoms with Crippen LogP contribution in [0.15, 0.2) is 51.9 Å². The van der Waals surface area contributed by atoms with Crippen LogP contribution < -0.4 is 10.1 Å². The molecule has 22 heavy (non-hydrogen) atoms. The van der Waals surface area contributed by atoms with Crippen LogP contribution >= 0.6 is 22.9 Å². The Hall–Kier alpha value is -2.44. The predicted molar refractivity (Wildman–Crippen MR) is 85.1 cm³/mol. The molecule has 4 rings (SSSR count). The summed E-state index contributed by atoms with van der Waals surface area (Å²) in [5.74, 6) is 1.06. The van der Waals surface area contributed by atoms with Crippen LogP contribution in [-0.4, -0.2) is 14.6 Å². The van der Waals surface area contributed by atoms with E-state index in [2.05, 4.69) is 10.2 Å². The van der Waals surface area contributed by atoms with Crippen LogP contribution in [0, 0.1) is 0 Å². The van der Waals surface area contributed by atoms with E-state index in [-0.39, 0.29) is 5.56 Å². The van der Waals surface area contributed by atoms with Gasteiger partial charge in [0.15, 0.2) is 5.82 Å². The maximum Gasteiger partial charge on any atom is 0.276 e. The van der Waals surface area contributed by atoms with E-state index in [4.69, 9.17) is 16.0 Å². The standard InChI is InChI=1S/C15H8ClN3O2S/c16-11-6-2-1-5-10(11)13-17-18-15-19(13)14(20)12(22-15)8-9-4-3-7-21-9/h1-8H. The van der Waals surface area contributed by atoms with Crippen molar-refractivity contribution in [3.05, 3.63) is 68.3 Å². The smallest absolute Gasteiger partial charge is 0.276 e. The first-order valence-corrected chi connectivity index (χ1v) is 7.61. The topological polar surface area (TPSA) is 60.4 Å². The van der Waals surface area contributed by atoms with Crippen LogP contribution in [0.25, 0.3) is 22.4 Å². The van der Waals surface area contributed by atoms with E-state index in [0.717, 1.165) is 0 Å². The minimum Gasteiger partial charge on any atom is -0.465 e. The van der Waals surface area contributed by atoms with E-state index < -0.39 is 0 Å². The first-order chi connectivity index (χ1) is 10.7. The molecule has 0 spiro atoms. The van der Waals surface area contributed by atoms with Crippen LogP contribution in [-0.2, 0) is 0 Å². The van der Waals surface area contributed by atoms with Crippen LogP contribution in [0.3, 0.4) is 0 Å². The van der Waals surface area contributed by atoms with Gasteiger partial charge in [-0.15, -0.1) is 10.2 Å². The third kappa shape index (κ3) is 2.04. The Labute approximate surface area is 133 Å². The first kappa shape index (κ1) is 13.2. The quantitative estimate of drug-likeness (QED) is 0.567. The summed E-state index contributed by atoms with van der Waals surface area (Å²) < 4.78 is 7.25. The van der Waals surface area contributed by atoms with E-state index >= 15 is 0 Å². The van der Waals surface area contributed by atoms with Gasteiger partial charge < -0.3 is 4.42 Å². The van der Waals surface area contributed by atoms with Crippen LogP contribution in [0.4, 0.5) is 0 Å². The lowest BCUT2D eigenvalue weighted by Crippen LogP contribution is -2.23. The van der Waals surface area contributed by atoms with Crippen molar-refractivity contribution >= 4 is 34.0 Å². The number of fused-ring (bicyclic) bond motifs is 1. The van der Waals surface area contributed by atoms with Gasteiger partial charge in [0, 0.05) is 11.6 Å². The van der Waals surface area contributed by atoms with Gasteiger partial charge >= 0.3 is 0 Å². The summed E-state index contributed by atoms with van der Waals surface area (Å²) in [7, 11) is 0. The Balaban J connectivity index is 1.99. The SMILES string of the molecule is O=c1c(=Cc2ccco2)sc2nnc(-c3ccccc3Cl)n12. The van der Waals surface area contributed by atoms with Crippen molar-refractivity contribution < 1.29 is 4.42 Å². The van der Waals surface area contributed by atoms with Crippen molar-refractivity contribution in [3.63, 3.8) is 0 Å². The van der Waals surface area contributed by atoms with E-state index in [1.165, 1.54) is 15.7 Å². The molecule has 0 aliphatic rings. The summed E-state index contributed by atoms with van der Waals surface area (Å²) >= 11 is 7.45. The lowest BCUT2D eigenvalue weighted by atomic mass is 10.2. The van der Waals surface area contributed by atoms with Crippen LogP contribution in [0.1, 0.15) is 5.76 Å². The normalized spacial score (nSPS) is 12.3. The Kier molecular flexibility index (Phi) is 3.06. The van der Waals surface area contributed by atoms with Gasteiger partial charge in [-0.1, -0.05) is 35.1 Å². The first-order valence-electron chi connectivity index (χ1n) is 6.42. The average molecular weight is 330 g/mol. The monoisotopic (exact) mass is 329 g/mol. The lowest BCUT2D eigenvalue weighted by Gasteiger charge is -1.99. The molecule has 0 aliphatic carbocycles. The third-order valence-corrected chi connectivity index (χ3v) is 4.47. The summed E-state index contributed by atoms with van der Waals surface area (Å²) in [5.41, 5.74) is 0.493. The highest BCUT2D eigenvalue weighted by molar-refractivity contribution is 7.15. The molecule has 0 unspecified atom stereocenters. The van der Waals surface area contributed by atoms with Gasteiger partial charge in [0.25, 0.3) is 5.56 Å². The van der Waals surface area contributed by atoms with E-state index in [9.17, 15) is 4.79 Å². The fourth-order valence-electron chi connectivity index (χ4n) is 2.18. The summed E-state index contributed by atoms with van der Waals surface area (Å²) in [5, 5.41) is 8.68. The van der Waals surface area contributed by atoms with E-state index in [1.54, 1.807) is 30.5 Å². The molecule has 0 bridgehead atoms. The summed E-state index contributed by atoms with van der Waals surface area (Å²) in [6.45, 7) is 0. The maximum atomic E-state index is 12.6. The molecule has 0 amide bonds. The summed E-state index contributed by atoms with van der Waals surface area (Å²) in [6.07, 6.45) is 3.25. The number of aromatic nitrogens is 3. The zero-order valence-electron chi connectivity index (χ0n) is 11.1. The second kappa shape index (κ2) is 5.08. The van der Waals surface area contributed by atoms with Gasteiger partial charge in [-0.25, -0.2) is 4.40 Å². The molecule has 3 heterocycles. The average Bonchev–Trinajstić information content (AvgIpc) is 3.21. The Bertz CT molecular complexity index is 1070. The molecule has 4 aromatic rings. The molecule has 0 aliphatic heterocycles. The second-order valence-corrected chi connectivity index (χ2v) is 5.97. The molecular formula is C15H8ClN3O2S. The van der Waals surface area contributed by atoms with Gasteiger partial charge in [-0.05, 0) is 24.3 Å². The lowest BCUT2D eigenvalue weighted by molar-refractivity contribution is 0.556. The van der Waals surface area contributed by atoms with Crippen molar-refractivity contribution in [2.75, 3.05) is 0 Å². The summed E-state index contributed by atoms with van der Waals surface area (Å²) in [6, 6.07) is 10.8. The Morgan fingerprint density at radius 1 is 1.18 bits per heavy atom. The predicted octanol–water partition coefficient (Wildman–Crippen LogP) is 2.61. The minimum absolute atomic E-state index is 0.184. The van der Waals surface area contributed by atoms with Crippen molar-refractivity contribution in [3.8, 4) is 11.4 Å². The zero-order valence-corrected chi connectivity index (χ0v) is 12.6. The van der Waals surface area contributed by atoms with Crippen LogP contribution in [0.2, 0.25) is 5.02 Å². The van der Waals surface area contributed by atoms with Gasteiger partial charge in [-0.3, -0.25) is 4.79 Å². The number of hydrogen-bond acceptors (Lipinski definition) is 5. The minimum atomic E-state index is -0.184. The Morgan fingerprint density at radius 2 is 2.05 bits per heavy atom. The highest BCUT2D eigenvalue weighted by Gasteiger charge is 2.16. The molecule has 3 aromatic heterocycles. The number of nitrogens with zero attached hydrogens (tertiary/aromatic N) is 3. The van der Waals surface area contributed by atoms with Crippen molar-refractivity contribution in [1.29, 1.82) is 0 Å². The number of furan rings is 1. The molecular weight excluding hydrogens is 322 g/mol. The summed E-state index contributed by atoms with van der Waals surface area (Å²) in [4.78, 5) is 13.1. The fraction of sp³-hybridized carbons (Fsp3) is 0. The third-order valence-electron chi connectivity index (χ3n) is 3.18. The molecule has 1 aromatic carbocycles. The van der Waals surface area contributed by atoms with E-state index in [0.29, 0.717) is 31.7 Å². The van der Waals surface area contributed by atoms with E-state index in [1.807, 2.05) is 18.2 Å². The van der Waals surface area contributed by atoms with Gasteiger partial charge in [0.1, 0.15) is 10.3 Å². The highest BCUT2D eigenvalue weighted by atomic mass is 35.5. The number of hydrogen-bond donors (Lipinski definition) is 0. The molecule has 7 heteroatoms. The van der Waals surface area contributed by atoms with Crippen molar-refractivity contribution in [1.82, 2.24) is 14.6 Å². The Morgan fingerprint density at radius 3 is 2.82 bits per heavy atom. The number of rotatable bonds is 2. The molecule has 5 nitrogen and oxygen atoms in total. The second-order valence-electron chi connectivity index (χ2n) is 4.55. The van der Waals surface area contributed by atoms with Gasteiger partial charge in [-0.2, -0.15) is 0 Å². The molecule has 0 atom stereocenters. The zero-order chi connectivity index (χ0) is 15.1. The molecule has 0 N–H and O–H groups in total. The highest BCUT2D eigenvalue weighted by Crippen LogP contribution is 2.25. The number of benzene rings is 1. The molecule has 108 valence electrons. The molecule has 0 fully saturated rings. The van der Waals surface area contributed by atoms with Crippen molar-refractivity contribution in [2.24, 2.45) is 0 Å². The van der Waals surface area contributed by atoms with Crippen molar-refractivity contribution in [2.45, 2.75) is 0 Å². The maximum absolute atomic E-state index is 12.6. The van der Waals surface area contributed by atoms with Gasteiger partial charge in [0.05, 0.1) is 11.3 Å². The largest absolute Gasteiger partial charge is 0.465 e. The fourth-order valence-corrected chi connectivity index (χ4v) is 3.30. The molecule has 0 radical (unpaired) electrons. The molecule has 0 saturated heterocycles. The van der Waals surface area contributed by atoms with Gasteiger partial charge in [0.2, 0.25) is 4.96 Å². The molecule has 0 saturated carbocycles. The number of thiazole rings is 1. The number of halogens is 1. The van der Waals surface area contributed by atoms with Crippen LogP contribution in [0.5, 0.6) is 0 Å².